The number of amides is 3. The van der Waals surface area contributed by atoms with E-state index in [1.807, 2.05) is 6.07 Å². The molecule has 0 fully saturated rings. The van der Waals surface area contributed by atoms with Crippen molar-refractivity contribution in [3.8, 4) is 17.2 Å². The average molecular weight is 592 g/mol. The number of allylic oxidation sites excluding steroid dienone is 1. The van der Waals surface area contributed by atoms with Crippen LogP contribution in [0.3, 0.4) is 0 Å². The van der Waals surface area contributed by atoms with E-state index in [-0.39, 0.29) is 30.3 Å². The first-order valence-electron chi connectivity index (χ1n) is 13.6. The van der Waals surface area contributed by atoms with Crippen LogP contribution in [-0.2, 0) is 9.53 Å². The summed E-state index contributed by atoms with van der Waals surface area (Å²) >= 11 is 6.28. The van der Waals surface area contributed by atoms with Crippen molar-refractivity contribution in [2.45, 2.75) is 39.3 Å². The number of hydrogen-bond donors (Lipinski definition) is 2. The van der Waals surface area contributed by atoms with Gasteiger partial charge in [-0.3, -0.25) is 4.79 Å². The molecule has 4 rings (SSSR count). The lowest BCUT2D eigenvalue weighted by Crippen LogP contribution is -2.49. The van der Waals surface area contributed by atoms with Crippen molar-refractivity contribution < 1.29 is 29.0 Å². The number of ether oxygens (including phenoxy) is 2. The first-order chi connectivity index (χ1) is 20.0. The molecule has 9 nitrogen and oxygen atoms in total. The molecule has 0 saturated carbocycles. The third kappa shape index (κ3) is 7.41. The van der Waals surface area contributed by atoms with Crippen LogP contribution in [-0.4, -0.2) is 59.1 Å². The lowest BCUT2D eigenvalue weighted by Gasteiger charge is -2.38. The Labute approximate surface area is 250 Å². The third-order valence-electron chi connectivity index (χ3n) is 6.68. The highest BCUT2D eigenvalue weighted by atomic mass is 35.5. The molecule has 1 atom stereocenters. The highest BCUT2D eigenvalue weighted by Gasteiger charge is 2.38. The van der Waals surface area contributed by atoms with Crippen LogP contribution >= 0.6 is 11.6 Å². The van der Waals surface area contributed by atoms with Crippen LogP contribution < -0.4 is 10.1 Å². The zero-order chi connectivity index (χ0) is 30.4. The van der Waals surface area contributed by atoms with Gasteiger partial charge in [-0.1, -0.05) is 23.7 Å². The third-order valence-corrected chi connectivity index (χ3v) is 6.92. The first-order valence-corrected chi connectivity index (χ1v) is 14.0. The first kappa shape index (κ1) is 30.5. The quantitative estimate of drug-likeness (QED) is 0.268. The van der Waals surface area contributed by atoms with E-state index < -0.39 is 12.0 Å². The summed E-state index contributed by atoms with van der Waals surface area (Å²) in [5.41, 5.74) is 1.94. The zero-order valence-electron chi connectivity index (χ0n) is 24.0. The van der Waals surface area contributed by atoms with Gasteiger partial charge < -0.3 is 29.7 Å². The summed E-state index contributed by atoms with van der Waals surface area (Å²) < 4.78 is 11.3. The van der Waals surface area contributed by atoms with Crippen LogP contribution in [0.5, 0.6) is 17.2 Å². The molecule has 3 aromatic rings. The Hall–Kier alpha value is -4.50. The highest BCUT2D eigenvalue weighted by Crippen LogP contribution is 2.35. The Morgan fingerprint density at radius 1 is 1.05 bits per heavy atom. The van der Waals surface area contributed by atoms with E-state index in [1.165, 1.54) is 12.1 Å². The van der Waals surface area contributed by atoms with E-state index in [1.54, 1.807) is 92.2 Å². The van der Waals surface area contributed by atoms with Crippen LogP contribution in [0.4, 0.5) is 4.79 Å². The van der Waals surface area contributed by atoms with Gasteiger partial charge in [0.15, 0.2) is 0 Å². The van der Waals surface area contributed by atoms with Gasteiger partial charge in [-0.05, 0) is 93.4 Å². The molecule has 0 aliphatic carbocycles. The van der Waals surface area contributed by atoms with Crippen LogP contribution in [0.25, 0.3) is 0 Å². The molecule has 1 unspecified atom stereocenters. The average Bonchev–Trinajstić information content (AvgIpc) is 2.94. The van der Waals surface area contributed by atoms with Crippen molar-refractivity contribution in [2.24, 2.45) is 0 Å². The van der Waals surface area contributed by atoms with Crippen LogP contribution in [0, 0.1) is 0 Å². The fourth-order valence-electron chi connectivity index (χ4n) is 4.69. The number of halogens is 1. The second kappa shape index (κ2) is 13.4. The Morgan fingerprint density at radius 2 is 1.69 bits per heavy atom. The molecule has 10 heteroatoms. The molecule has 1 heterocycles. The molecule has 1 aliphatic heterocycles. The second-order valence-corrected chi connectivity index (χ2v) is 10.7. The Morgan fingerprint density at radius 3 is 2.31 bits per heavy atom. The maximum atomic E-state index is 13.2. The predicted octanol–water partition coefficient (Wildman–Crippen LogP) is 6.29. The van der Waals surface area contributed by atoms with Gasteiger partial charge in [0.1, 0.15) is 17.2 Å². The molecule has 0 aromatic heterocycles. The maximum Gasteiger partial charge on any atom is 0.338 e. The van der Waals surface area contributed by atoms with E-state index in [9.17, 15) is 19.5 Å². The van der Waals surface area contributed by atoms with Gasteiger partial charge in [-0.15, -0.1) is 0 Å². The Balaban J connectivity index is 1.44. The summed E-state index contributed by atoms with van der Waals surface area (Å²) in [5, 5.41) is 12.7. The van der Waals surface area contributed by atoms with Crippen molar-refractivity contribution in [1.82, 2.24) is 15.1 Å². The van der Waals surface area contributed by atoms with Crippen LogP contribution in [0.2, 0.25) is 5.02 Å². The van der Waals surface area contributed by atoms with Gasteiger partial charge in [-0.25, -0.2) is 9.59 Å². The molecular formula is C32H34ClN3O6. The molecule has 42 heavy (non-hydrogen) atoms. The smallest absolute Gasteiger partial charge is 0.338 e. The highest BCUT2D eigenvalue weighted by molar-refractivity contribution is 6.30. The molecule has 0 radical (unpaired) electrons. The van der Waals surface area contributed by atoms with E-state index in [0.717, 1.165) is 0 Å². The van der Waals surface area contributed by atoms with Crippen molar-refractivity contribution in [3.05, 3.63) is 100 Å². The number of hydrogen-bond acceptors (Lipinski definition) is 6. The Kier molecular flexibility index (Phi) is 9.75. The van der Waals surface area contributed by atoms with Gasteiger partial charge >= 0.3 is 12.0 Å². The number of phenolic OH excluding ortho intramolecular Hbond substituents is 1. The number of phenols is 1. The molecule has 220 valence electrons. The second-order valence-electron chi connectivity index (χ2n) is 10.3. The van der Waals surface area contributed by atoms with Crippen molar-refractivity contribution in [3.63, 3.8) is 0 Å². The molecule has 2 N–H and O–H groups in total. The normalized spacial score (nSPS) is 15.0. The fourth-order valence-corrected chi connectivity index (χ4v) is 4.89. The predicted molar refractivity (Wildman–Crippen MR) is 160 cm³/mol. The van der Waals surface area contributed by atoms with E-state index in [4.69, 9.17) is 21.1 Å². The largest absolute Gasteiger partial charge is 0.508 e. The maximum absolute atomic E-state index is 13.2. The van der Waals surface area contributed by atoms with Gasteiger partial charge in [0.05, 0.1) is 17.7 Å². The SMILES string of the molecule is CC1=C(C(=O)OC(C)C)C(c2cccc(Cl)c2)N(CCCN(C)C(=O)c2ccc(Oc3ccc(O)cc3)cc2)C(=O)N1. The number of carbonyl (C=O) groups is 3. The van der Waals surface area contributed by atoms with Gasteiger partial charge in [0, 0.05) is 36.4 Å². The molecule has 0 saturated heterocycles. The minimum atomic E-state index is -0.703. The summed E-state index contributed by atoms with van der Waals surface area (Å²) in [6, 6.07) is 19.1. The van der Waals surface area contributed by atoms with Gasteiger partial charge in [-0.2, -0.15) is 0 Å². The molecule has 0 bridgehead atoms. The van der Waals surface area contributed by atoms with Crippen LogP contribution in [0.15, 0.2) is 84.1 Å². The lowest BCUT2D eigenvalue weighted by molar-refractivity contribution is -0.143. The fraction of sp³-hybridized carbons (Fsp3) is 0.281. The minimum absolute atomic E-state index is 0.146. The number of rotatable bonds is 10. The molecular weight excluding hydrogens is 558 g/mol. The number of aromatic hydroxyl groups is 1. The topological polar surface area (TPSA) is 108 Å². The summed E-state index contributed by atoms with van der Waals surface area (Å²) in [5.74, 6) is 0.568. The molecule has 3 amide bonds. The number of benzene rings is 3. The number of esters is 1. The summed E-state index contributed by atoms with van der Waals surface area (Å²) in [4.78, 5) is 42.6. The number of carbonyl (C=O) groups excluding carboxylic acids is 3. The van der Waals surface area contributed by atoms with Gasteiger partial charge in [0.2, 0.25) is 0 Å². The number of nitrogens with zero attached hydrogens (tertiary/aromatic N) is 2. The Bertz CT molecular complexity index is 1470. The number of nitrogens with one attached hydrogen (secondary N) is 1. The standard InChI is InChI=1S/C32H34ClN3O6/c1-20(2)41-31(39)28-21(3)34-32(40)36(29(28)23-7-5-8-24(33)19-23)18-6-17-35(4)30(38)22-9-13-26(14-10-22)42-27-15-11-25(37)12-16-27/h5,7-16,19-20,29,37H,6,17-18H2,1-4H3,(H,34,40). The molecule has 1 aliphatic rings. The summed E-state index contributed by atoms with van der Waals surface area (Å²) in [6.07, 6.45) is 0.123. The molecule has 0 spiro atoms. The van der Waals surface area contributed by atoms with Gasteiger partial charge in [0.25, 0.3) is 5.91 Å². The van der Waals surface area contributed by atoms with E-state index >= 15 is 0 Å². The summed E-state index contributed by atoms with van der Waals surface area (Å²) in [6.45, 7) is 5.85. The minimum Gasteiger partial charge on any atom is -0.508 e. The van der Waals surface area contributed by atoms with Crippen molar-refractivity contribution in [2.75, 3.05) is 20.1 Å². The lowest BCUT2D eigenvalue weighted by atomic mass is 9.93. The van der Waals surface area contributed by atoms with E-state index in [0.29, 0.717) is 51.9 Å². The molecule has 3 aromatic carbocycles. The van der Waals surface area contributed by atoms with Crippen LogP contribution in [0.1, 0.15) is 49.2 Å². The van der Waals surface area contributed by atoms with Crippen molar-refractivity contribution >= 4 is 29.5 Å². The zero-order valence-corrected chi connectivity index (χ0v) is 24.7. The van der Waals surface area contributed by atoms with Crippen molar-refractivity contribution in [1.29, 1.82) is 0 Å². The summed E-state index contributed by atoms with van der Waals surface area (Å²) in [7, 11) is 1.70. The van der Waals surface area contributed by atoms with E-state index in [2.05, 4.69) is 5.32 Å². The monoisotopic (exact) mass is 591 g/mol. The number of urea groups is 1.